The monoisotopic (exact) mass is 325 g/mol. The van der Waals surface area contributed by atoms with Gasteiger partial charge in [-0.15, -0.1) is 11.8 Å². The summed E-state index contributed by atoms with van der Waals surface area (Å²) in [6, 6.07) is 15.7. The largest absolute Gasteiger partial charge is 0.354 e. The van der Waals surface area contributed by atoms with Crippen molar-refractivity contribution in [3.63, 3.8) is 0 Å². The predicted octanol–water partition coefficient (Wildman–Crippen LogP) is 5.23. The second-order valence-corrected chi connectivity index (χ2v) is 5.99. The van der Waals surface area contributed by atoms with Crippen LogP contribution in [0.4, 0.5) is 11.4 Å². The van der Waals surface area contributed by atoms with Gasteiger partial charge in [-0.2, -0.15) is 5.26 Å². The van der Waals surface area contributed by atoms with E-state index in [9.17, 15) is 5.26 Å². The van der Waals surface area contributed by atoms with Gasteiger partial charge in [0.2, 0.25) is 0 Å². The lowest BCUT2D eigenvalue weighted by Crippen LogP contribution is -1.97. The van der Waals surface area contributed by atoms with E-state index in [0.717, 1.165) is 27.2 Å². The molecular formula is C17H12ClN3S. The molecule has 0 aliphatic rings. The average Bonchev–Trinajstić information content (AvgIpc) is 2.55. The normalized spacial score (nSPS) is 10.4. The second-order valence-electron chi connectivity index (χ2n) is 4.68. The molecule has 3 nitrogen and oxygen atoms in total. The van der Waals surface area contributed by atoms with Gasteiger partial charge in [0.05, 0.1) is 16.8 Å². The highest BCUT2D eigenvalue weighted by atomic mass is 35.5. The topological polar surface area (TPSA) is 48.7 Å². The van der Waals surface area contributed by atoms with Crippen molar-refractivity contribution < 1.29 is 0 Å². The van der Waals surface area contributed by atoms with Crippen LogP contribution in [0.25, 0.3) is 10.9 Å². The van der Waals surface area contributed by atoms with Crippen LogP contribution < -0.4 is 5.32 Å². The fourth-order valence-corrected chi connectivity index (χ4v) is 2.86. The van der Waals surface area contributed by atoms with Crippen molar-refractivity contribution in [3.8, 4) is 6.07 Å². The van der Waals surface area contributed by atoms with E-state index in [2.05, 4.69) is 16.4 Å². The molecule has 5 heteroatoms. The first-order valence-electron chi connectivity index (χ1n) is 6.60. The van der Waals surface area contributed by atoms with Crippen LogP contribution in [0.1, 0.15) is 5.56 Å². The number of nitriles is 1. The summed E-state index contributed by atoms with van der Waals surface area (Å²) in [5, 5.41) is 14.1. The number of hydrogen-bond acceptors (Lipinski definition) is 4. The lowest BCUT2D eigenvalue weighted by atomic mass is 10.1. The van der Waals surface area contributed by atoms with Crippen LogP contribution in [0.15, 0.2) is 53.6 Å². The van der Waals surface area contributed by atoms with Crippen LogP contribution in [0.3, 0.4) is 0 Å². The number of nitrogens with one attached hydrogen (secondary N) is 1. The molecule has 0 amide bonds. The second kappa shape index (κ2) is 6.27. The van der Waals surface area contributed by atoms with Crippen LogP contribution in [-0.4, -0.2) is 11.2 Å². The summed E-state index contributed by atoms with van der Waals surface area (Å²) in [6.45, 7) is 0. The van der Waals surface area contributed by atoms with Gasteiger partial charge in [0, 0.05) is 27.2 Å². The first kappa shape index (κ1) is 14.7. The zero-order valence-electron chi connectivity index (χ0n) is 11.8. The Morgan fingerprint density at radius 2 is 2.09 bits per heavy atom. The summed E-state index contributed by atoms with van der Waals surface area (Å²) in [5.41, 5.74) is 2.94. The number of aromatic nitrogens is 1. The van der Waals surface area contributed by atoms with Crippen LogP contribution in [0, 0.1) is 11.3 Å². The number of pyridine rings is 1. The molecule has 0 radical (unpaired) electrons. The van der Waals surface area contributed by atoms with E-state index in [1.807, 2.05) is 42.7 Å². The van der Waals surface area contributed by atoms with Crippen molar-refractivity contribution >= 4 is 45.6 Å². The number of nitrogens with zero attached hydrogens (tertiary/aromatic N) is 2. The Hall–Kier alpha value is -2.22. The molecule has 0 saturated heterocycles. The van der Waals surface area contributed by atoms with E-state index in [4.69, 9.17) is 11.6 Å². The van der Waals surface area contributed by atoms with Crippen LogP contribution in [-0.2, 0) is 0 Å². The Morgan fingerprint density at radius 1 is 1.23 bits per heavy atom. The fourth-order valence-electron chi connectivity index (χ4n) is 2.23. The van der Waals surface area contributed by atoms with Gasteiger partial charge >= 0.3 is 0 Å². The lowest BCUT2D eigenvalue weighted by molar-refractivity contribution is 1.36. The summed E-state index contributed by atoms with van der Waals surface area (Å²) in [6.07, 6.45) is 3.61. The number of hydrogen-bond donors (Lipinski definition) is 1. The van der Waals surface area contributed by atoms with Crippen molar-refractivity contribution in [2.75, 3.05) is 11.6 Å². The smallest absolute Gasteiger partial charge is 0.103 e. The van der Waals surface area contributed by atoms with Crippen LogP contribution in [0.5, 0.6) is 0 Å². The van der Waals surface area contributed by atoms with E-state index in [0.29, 0.717) is 10.6 Å². The number of halogens is 1. The molecule has 0 aliphatic carbocycles. The molecule has 1 heterocycles. The van der Waals surface area contributed by atoms with Gasteiger partial charge in [-0.1, -0.05) is 17.7 Å². The minimum absolute atomic E-state index is 0.490. The number of fused-ring (bicyclic) bond motifs is 1. The Morgan fingerprint density at radius 3 is 2.86 bits per heavy atom. The molecule has 0 fully saturated rings. The number of benzene rings is 2. The number of rotatable bonds is 3. The van der Waals surface area contributed by atoms with Gasteiger partial charge in [-0.05, 0) is 42.7 Å². The average molecular weight is 326 g/mol. The minimum atomic E-state index is 0.490. The van der Waals surface area contributed by atoms with Crippen molar-refractivity contribution in [2.24, 2.45) is 0 Å². The summed E-state index contributed by atoms with van der Waals surface area (Å²) < 4.78 is 0. The highest BCUT2D eigenvalue weighted by Gasteiger charge is 2.10. The maximum absolute atomic E-state index is 9.36. The zero-order valence-corrected chi connectivity index (χ0v) is 13.4. The molecule has 1 aromatic heterocycles. The molecule has 108 valence electrons. The minimum Gasteiger partial charge on any atom is -0.354 e. The van der Waals surface area contributed by atoms with Crippen molar-refractivity contribution in [1.82, 2.24) is 4.98 Å². The molecule has 1 N–H and O–H groups in total. The number of thioether (sulfide) groups is 1. The van der Waals surface area contributed by atoms with Crippen molar-refractivity contribution in [1.29, 1.82) is 5.26 Å². The van der Waals surface area contributed by atoms with Crippen molar-refractivity contribution in [3.05, 3.63) is 59.2 Å². The highest BCUT2D eigenvalue weighted by Crippen LogP contribution is 2.31. The van der Waals surface area contributed by atoms with Crippen LogP contribution >= 0.6 is 23.4 Å². The first-order valence-corrected chi connectivity index (χ1v) is 8.21. The highest BCUT2D eigenvalue weighted by molar-refractivity contribution is 7.98. The summed E-state index contributed by atoms with van der Waals surface area (Å²) in [4.78, 5) is 5.46. The molecule has 0 unspecified atom stereocenters. The third-order valence-electron chi connectivity index (χ3n) is 3.29. The standard InChI is InChI=1S/C17H12ClN3S/c1-22-14-4-2-3-13(8-14)21-17-11(9-19)10-20-16-6-5-12(18)7-15(16)17/h2-8,10H,1H3,(H,20,21). The Bertz CT molecular complexity index is 887. The molecule has 0 aliphatic heterocycles. The van der Waals surface area contributed by atoms with Gasteiger partial charge in [0.25, 0.3) is 0 Å². The Labute approximate surface area is 137 Å². The summed E-state index contributed by atoms with van der Waals surface area (Å²) in [5.74, 6) is 0. The maximum atomic E-state index is 9.36. The molecule has 0 spiro atoms. The summed E-state index contributed by atoms with van der Waals surface area (Å²) >= 11 is 7.77. The van der Waals surface area contributed by atoms with Gasteiger partial charge in [-0.3, -0.25) is 4.98 Å². The van der Waals surface area contributed by atoms with E-state index < -0.39 is 0 Å². The zero-order chi connectivity index (χ0) is 15.5. The quantitative estimate of drug-likeness (QED) is 0.670. The third kappa shape index (κ3) is 2.87. The van der Waals surface area contributed by atoms with E-state index in [-0.39, 0.29) is 0 Å². The Kier molecular flexibility index (Phi) is 4.19. The molecule has 0 saturated carbocycles. The van der Waals surface area contributed by atoms with E-state index >= 15 is 0 Å². The van der Waals surface area contributed by atoms with Crippen LogP contribution in [0.2, 0.25) is 5.02 Å². The van der Waals surface area contributed by atoms with Gasteiger partial charge < -0.3 is 5.32 Å². The molecule has 0 atom stereocenters. The maximum Gasteiger partial charge on any atom is 0.103 e. The number of anilines is 2. The van der Waals surface area contributed by atoms with E-state index in [1.165, 1.54) is 0 Å². The first-order chi connectivity index (χ1) is 10.7. The molecule has 3 aromatic rings. The molecule has 0 bridgehead atoms. The summed E-state index contributed by atoms with van der Waals surface area (Å²) in [7, 11) is 0. The fraction of sp³-hybridized carbons (Fsp3) is 0.0588. The predicted molar refractivity (Wildman–Crippen MR) is 93.0 cm³/mol. The molecule has 22 heavy (non-hydrogen) atoms. The molecule has 3 rings (SSSR count). The Balaban J connectivity index is 2.15. The van der Waals surface area contributed by atoms with E-state index in [1.54, 1.807) is 24.0 Å². The molecular weight excluding hydrogens is 314 g/mol. The van der Waals surface area contributed by atoms with Gasteiger partial charge in [0.1, 0.15) is 6.07 Å². The third-order valence-corrected chi connectivity index (χ3v) is 4.25. The van der Waals surface area contributed by atoms with Crippen molar-refractivity contribution in [2.45, 2.75) is 4.90 Å². The van der Waals surface area contributed by atoms with Gasteiger partial charge in [-0.25, -0.2) is 0 Å². The lowest BCUT2D eigenvalue weighted by Gasteiger charge is -2.12. The SMILES string of the molecule is CSc1cccc(Nc2c(C#N)cnc3ccc(Cl)cc23)c1. The molecule has 2 aromatic carbocycles. The van der Waals surface area contributed by atoms with Gasteiger partial charge in [0.15, 0.2) is 0 Å².